The molecule has 6 nitrogen and oxygen atoms in total. The van der Waals surface area contributed by atoms with Crippen LogP contribution in [0.4, 0.5) is 4.39 Å². The van der Waals surface area contributed by atoms with E-state index in [0.29, 0.717) is 35.7 Å². The van der Waals surface area contributed by atoms with Crippen LogP contribution in [0, 0.1) is 12.7 Å². The van der Waals surface area contributed by atoms with Crippen LogP contribution in [0.1, 0.15) is 35.4 Å². The van der Waals surface area contributed by atoms with Crippen LogP contribution in [-0.2, 0) is 0 Å². The zero-order chi connectivity index (χ0) is 17.6. The average molecular weight is 364 g/mol. The first-order chi connectivity index (χ1) is 12.0. The standard InChI is InChI=1S/C17H19ClFN5O/c1-10-16(17(25)23-7-6-11-2-3-12(9-23)20-11)21-22-24(10)13-4-5-15(19)14(18)8-13/h4-5,8,11-12,20H,2-3,6-7,9H2,1H3. The van der Waals surface area contributed by atoms with Crippen molar-refractivity contribution in [3.8, 4) is 5.69 Å². The quantitative estimate of drug-likeness (QED) is 0.889. The molecule has 8 heteroatoms. The molecule has 2 aliphatic heterocycles. The number of benzene rings is 1. The molecule has 2 atom stereocenters. The Kier molecular flexibility index (Phi) is 4.21. The number of carbonyl (C=O) groups excluding carboxylic acids is 1. The lowest BCUT2D eigenvalue weighted by molar-refractivity contribution is 0.0741. The van der Waals surface area contributed by atoms with Gasteiger partial charge >= 0.3 is 0 Å². The van der Waals surface area contributed by atoms with Gasteiger partial charge in [-0.15, -0.1) is 5.10 Å². The van der Waals surface area contributed by atoms with Gasteiger partial charge in [-0.25, -0.2) is 9.07 Å². The number of hydrogen-bond donors (Lipinski definition) is 1. The minimum Gasteiger partial charge on any atom is -0.336 e. The number of rotatable bonds is 2. The molecule has 0 radical (unpaired) electrons. The zero-order valence-electron chi connectivity index (χ0n) is 13.9. The second kappa shape index (κ2) is 6.38. The molecule has 2 aromatic rings. The normalized spacial score (nSPS) is 22.9. The minimum absolute atomic E-state index is 0.00916. The fourth-order valence-electron chi connectivity index (χ4n) is 3.67. The van der Waals surface area contributed by atoms with Crippen LogP contribution in [0.2, 0.25) is 5.02 Å². The van der Waals surface area contributed by atoms with Crippen molar-refractivity contribution in [2.24, 2.45) is 0 Å². The predicted molar refractivity (Wildman–Crippen MR) is 91.5 cm³/mol. The summed E-state index contributed by atoms with van der Waals surface area (Å²) in [4.78, 5) is 14.8. The largest absolute Gasteiger partial charge is 0.336 e. The summed E-state index contributed by atoms with van der Waals surface area (Å²) in [7, 11) is 0. The maximum Gasteiger partial charge on any atom is 0.276 e. The van der Waals surface area contributed by atoms with Crippen LogP contribution in [0.5, 0.6) is 0 Å². The van der Waals surface area contributed by atoms with E-state index in [1.165, 1.54) is 23.2 Å². The molecule has 2 saturated heterocycles. The highest BCUT2D eigenvalue weighted by molar-refractivity contribution is 6.30. The molecular weight excluding hydrogens is 345 g/mol. The van der Waals surface area contributed by atoms with Gasteiger partial charge in [0.25, 0.3) is 5.91 Å². The molecule has 2 bridgehead atoms. The van der Waals surface area contributed by atoms with Crippen molar-refractivity contribution in [3.05, 3.63) is 40.4 Å². The Morgan fingerprint density at radius 3 is 2.92 bits per heavy atom. The number of carbonyl (C=O) groups is 1. The van der Waals surface area contributed by atoms with Gasteiger partial charge in [0.15, 0.2) is 5.69 Å². The van der Waals surface area contributed by atoms with Crippen LogP contribution in [-0.4, -0.2) is 51.0 Å². The predicted octanol–water partition coefficient (Wildman–Crippen LogP) is 2.33. The Morgan fingerprint density at radius 2 is 2.12 bits per heavy atom. The Balaban J connectivity index is 1.59. The molecule has 132 valence electrons. The Labute approximate surface area is 149 Å². The third-order valence-corrected chi connectivity index (χ3v) is 5.35. The van der Waals surface area contributed by atoms with Crippen LogP contribution in [0.3, 0.4) is 0 Å². The van der Waals surface area contributed by atoms with E-state index in [4.69, 9.17) is 11.6 Å². The number of aromatic nitrogens is 3. The highest BCUT2D eigenvalue weighted by Gasteiger charge is 2.33. The number of likely N-dealkylation sites (tertiary alicyclic amines) is 1. The number of nitrogens with zero attached hydrogens (tertiary/aromatic N) is 4. The minimum atomic E-state index is -0.494. The van der Waals surface area contributed by atoms with Crippen LogP contribution in [0.25, 0.3) is 5.69 Å². The molecule has 0 spiro atoms. The lowest BCUT2D eigenvalue weighted by Crippen LogP contribution is -2.39. The van der Waals surface area contributed by atoms with Gasteiger partial charge in [-0.1, -0.05) is 16.8 Å². The number of hydrogen-bond acceptors (Lipinski definition) is 4. The summed E-state index contributed by atoms with van der Waals surface area (Å²) in [5.41, 5.74) is 1.53. The third kappa shape index (κ3) is 3.02. The molecule has 0 saturated carbocycles. The number of halogens is 2. The van der Waals surface area contributed by atoms with E-state index in [-0.39, 0.29) is 10.9 Å². The SMILES string of the molecule is Cc1c(C(=O)N2CCC3CCC(C2)N3)nnn1-c1ccc(F)c(Cl)c1. The van der Waals surface area contributed by atoms with E-state index in [2.05, 4.69) is 15.6 Å². The Morgan fingerprint density at radius 1 is 1.32 bits per heavy atom. The van der Waals surface area contributed by atoms with Gasteiger partial charge in [-0.2, -0.15) is 0 Å². The highest BCUT2D eigenvalue weighted by atomic mass is 35.5. The lowest BCUT2D eigenvalue weighted by atomic mass is 10.1. The molecule has 4 rings (SSSR count). The number of fused-ring (bicyclic) bond motifs is 2. The van der Waals surface area contributed by atoms with Crippen LogP contribution >= 0.6 is 11.6 Å². The van der Waals surface area contributed by atoms with Crippen molar-refractivity contribution in [1.29, 1.82) is 0 Å². The molecular formula is C17H19ClFN5O. The molecule has 1 aromatic heterocycles. The van der Waals surface area contributed by atoms with Gasteiger partial charge in [0, 0.05) is 25.2 Å². The zero-order valence-corrected chi connectivity index (χ0v) is 14.6. The maximum absolute atomic E-state index is 13.4. The van der Waals surface area contributed by atoms with Crippen LogP contribution < -0.4 is 5.32 Å². The summed E-state index contributed by atoms with van der Waals surface area (Å²) < 4.78 is 14.9. The molecule has 3 heterocycles. The van der Waals surface area contributed by atoms with Crippen molar-refractivity contribution in [2.75, 3.05) is 13.1 Å². The molecule has 2 fully saturated rings. The van der Waals surface area contributed by atoms with E-state index in [0.717, 1.165) is 19.4 Å². The van der Waals surface area contributed by atoms with Gasteiger partial charge in [-0.3, -0.25) is 4.79 Å². The summed E-state index contributed by atoms with van der Waals surface area (Å²) in [6.45, 7) is 3.21. The van der Waals surface area contributed by atoms with Gasteiger partial charge in [-0.05, 0) is 44.4 Å². The Bertz CT molecular complexity index is 823. The van der Waals surface area contributed by atoms with Crippen molar-refractivity contribution < 1.29 is 9.18 Å². The van der Waals surface area contributed by atoms with E-state index in [1.807, 2.05) is 4.90 Å². The van der Waals surface area contributed by atoms with Gasteiger partial charge in [0.2, 0.25) is 0 Å². The molecule has 1 N–H and O–H groups in total. The molecule has 1 amide bonds. The topological polar surface area (TPSA) is 63.1 Å². The maximum atomic E-state index is 13.4. The first-order valence-corrected chi connectivity index (χ1v) is 8.84. The van der Waals surface area contributed by atoms with E-state index in [1.54, 1.807) is 13.0 Å². The Hall–Kier alpha value is -1.99. The highest BCUT2D eigenvalue weighted by Crippen LogP contribution is 2.23. The summed E-state index contributed by atoms with van der Waals surface area (Å²) in [6, 6.07) is 5.19. The van der Waals surface area contributed by atoms with Gasteiger partial charge in [0.1, 0.15) is 5.82 Å². The fourth-order valence-corrected chi connectivity index (χ4v) is 3.84. The van der Waals surface area contributed by atoms with Crippen LogP contribution in [0.15, 0.2) is 18.2 Å². The fraction of sp³-hybridized carbons (Fsp3) is 0.471. The van der Waals surface area contributed by atoms with E-state index < -0.39 is 5.82 Å². The summed E-state index contributed by atoms with van der Waals surface area (Å²) in [5.74, 6) is -0.599. The van der Waals surface area contributed by atoms with E-state index >= 15 is 0 Å². The molecule has 25 heavy (non-hydrogen) atoms. The first-order valence-electron chi connectivity index (χ1n) is 8.46. The summed E-state index contributed by atoms with van der Waals surface area (Å²) in [5, 5.41) is 11.7. The average Bonchev–Trinajstić information content (AvgIpc) is 3.12. The third-order valence-electron chi connectivity index (χ3n) is 5.06. The lowest BCUT2D eigenvalue weighted by Gasteiger charge is -2.23. The summed E-state index contributed by atoms with van der Waals surface area (Å²) >= 11 is 5.84. The molecule has 2 unspecified atom stereocenters. The summed E-state index contributed by atoms with van der Waals surface area (Å²) in [6.07, 6.45) is 3.25. The van der Waals surface area contributed by atoms with Crippen molar-refractivity contribution >= 4 is 17.5 Å². The molecule has 2 aliphatic rings. The first kappa shape index (κ1) is 16.5. The molecule has 0 aliphatic carbocycles. The van der Waals surface area contributed by atoms with Gasteiger partial charge in [0.05, 0.1) is 16.4 Å². The number of amides is 1. The second-order valence-electron chi connectivity index (χ2n) is 6.71. The molecule has 1 aromatic carbocycles. The smallest absolute Gasteiger partial charge is 0.276 e. The van der Waals surface area contributed by atoms with Crippen molar-refractivity contribution in [3.63, 3.8) is 0 Å². The van der Waals surface area contributed by atoms with Crippen molar-refractivity contribution in [2.45, 2.75) is 38.3 Å². The second-order valence-corrected chi connectivity index (χ2v) is 7.12. The monoisotopic (exact) mass is 363 g/mol. The number of nitrogens with one attached hydrogen (secondary N) is 1. The van der Waals surface area contributed by atoms with E-state index in [9.17, 15) is 9.18 Å². The van der Waals surface area contributed by atoms with Gasteiger partial charge < -0.3 is 10.2 Å². The van der Waals surface area contributed by atoms with Crippen molar-refractivity contribution in [1.82, 2.24) is 25.2 Å².